The van der Waals surface area contributed by atoms with Crippen molar-refractivity contribution in [2.45, 2.75) is 6.92 Å². The lowest BCUT2D eigenvalue weighted by Gasteiger charge is -2.15. The van der Waals surface area contributed by atoms with Gasteiger partial charge in [-0.3, -0.25) is 0 Å². The molecule has 0 saturated carbocycles. The molecule has 1 aromatic heterocycles. The van der Waals surface area contributed by atoms with Crippen molar-refractivity contribution in [3.8, 4) is 34.6 Å². The van der Waals surface area contributed by atoms with Crippen LogP contribution in [0.2, 0.25) is 5.02 Å². The molecule has 0 aliphatic rings. The third-order valence-corrected chi connectivity index (χ3v) is 4.54. The highest BCUT2D eigenvalue weighted by atomic mass is 35.5. The van der Waals surface area contributed by atoms with E-state index in [2.05, 4.69) is 9.97 Å². The van der Waals surface area contributed by atoms with Crippen LogP contribution in [0.1, 0.15) is 17.3 Å². The SMILES string of the molecule is CCOC(=O)COC(=O)c1c(Oc2nc(OC)cc(OC)n2)cccc1-c1ccc(Cl)cc1. The van der Waals surface area contributed by atoms with Crippen molar-refractivity contribution in [3.63, 3.8) is 0 Å². The Morgan fingerprint density at radius 2 is 1.61 bits per heavy atom. The van der Waals surface area contributed by atoms with Gasteiger partial charge >= 0.3 is 17.9 Å². The molecule has 172 valence electrons. The predicted octanol–water partition coefficient (Wildman–Crippen LogP) is 4.33. The first-order valence-corrected chi connectivity index (χ1v) is 10.2. The molecule has 33 heavy (non-hydrogen) atoms. The number of benzene rings is 2. The van der Waals surface area contributed by atoms with Crippen molar-refractivity contribution in [3.05, 3.63) is 59.1 Å². The Morgan fingerprint density at radius 1 is 0.939 bits per heavy atom. The zero-order valence-electron chi connectivity index (χ0n) is 18.2. The number of aromatic nitrogens is 2. The minimum absolute atomic E-state index is 0.0644. The van der Waals surface area contributed by atoms with Gasteiger partial charge < -0.3 is 23.7 Å². The molecule has 0 N–H and O–H groups in total. The van der Waals surface area contributed by atoms with Crippen molar-refractivity contribution in [1.82, 2.24) is 9.97 Å². The largest absolute Gasteiger partial charge is 0.481 e. The molecule has 0 atom stereocenters. The summed E-state index contributed by atoms with van der Waals surface area (Å²) in [4.78, 5) is 33.0. The Balaban J connectivity index is 2.04. The quantitative estimate of drug-likeness (QED) is 0.420. The molecular formula is C23H21ClN2O7. The Morgan fingerprint density at radius 3 is 2.21 bits per heavy atom. The van der Waals surface area contributed by atoms with Crippen molar-refractivity contribution in [2.24, 2.45) is 0 Å². The van der Waals surface area contributed by atoms with Crippen LogP contribution in [-0.2, 0) is 14.3 Å². The number of ether oxygens (including phenoxy) is 5. The molecule has 0 aliphatic carbocycles. The Hall–Kier alpha value is -3.85. The second kappa shape index (κ2) is 11.1. The summed E-state index contributed by atoms with van der Waals surface area (Å²) in [5.74, 6) is -0.947. The fourth-order valence-electron chi connectivity index (χ4n) is 2.83. The highest BCUT2D eigenvalue weighted by Crippen LogP contribution is 2.34. The third kappa shape index (κ3) is 6.11. The van der Waals surface area contributed by atoms with E-state index in [0.717, 1.165) is 0 Å². The van der Waals surface area contributed by atoms with E-state index >= 15 is 0 Å². The second-order valence-electron chi connectivity index (χ2n) is 6.40. The van der Waals surface area contributed by atoms with Gasteiger partial charge in [-0.2, -0.15) is 9.97 Å². The lowest BCUT2D eigenvalue weighted by molar-refractivity contribution is -0.146. The van der Waals surface area contributed by atoms with Gasteiger partial charge in [-0.1, -0.05) is 35.9 Å². The van der Waals surface area contributed by atoms with E-state index in [9.17, 15) is 9.59 Å². The van der Waals surface area contributed by atoms with Crippen LogP contribution in [0.15, 0.2) is 48.5 Å². The predicted molar refractivity (Wildman–Crippen MR) is 119 cm³/mol. The van der Waals surface area contributed by atoms with Crippen LogP contribution in [0.4, 0.5) is 0 Å². The minimum atomic E-state index is -0.793. The molecule has 0 unspecified atom stereocenters. The molecule has 3 rings (SSSR count). The van der Waals surface area contributed by atoms with Gasteiger partial charge in [0, 0.05) is 5.02 Å². The van der Waals surface area contributed by atoms with Gasteiger partial charge in [-0.25, -0.2) is 9.59 Å². The number of nitrogens with zero attached hydrogens (tertiary/aromatic N) is 2. The van der Waals surface area contributed by atoms with E-state index in [0.29, 0.717) is 16.1 Å². The van der Waals surface area contributed by atoms with E-state index in [1.807, 2.05) is 0 Å². The number of carbonyl (C=O) groups is 2. The molecule has 0 radical (unpaired) electrons. The molecular weight excluding hydrogens is 452 g/mol. The monoisotopic (exact) mass is 472 g/mol. The summed E-state index contributed by atoms with van der Waals surface area (Å²) >= 11 is 6.00. The molecule has 0 aliphatic heterocycles. The van der Waals surface area contributed by atoms with Crippen LogP contribution in [0, 0.1) is 0 Å². The molecule has 9 nitrogen and oxygen atoms in total. The Bertz CT molecular complexity index is 1110. The van der Waals surface area contributed by atoms with Crippen LogP contribution in [-0.4, -0.2) is 49.3 Å². The number of methoxy groups -OCH3 is 2. The van der Waals surface area contributed by atoms with Gasteiger partial charge in [0.1, 0.15) is 11.3 Å². The summed E-state index contributed by atoms with van der Waals surface area (Å²) < 4.78 is 26.1. The van der Waals surface area contributed by atoms with E-state index in [1.165, 1.54) is 20.3 Å². The molecule has 10 heteroatoms. The third-order valence-electron chi connectivity index (χ3n) is 4.29. The maximum atomic E-state index is 13.0. The van der Waals surface area contributed by atoms with Crippen molar-refractivity contribution < 1.29 is 33.3 Å². The lowest BCUT2D eigenvalue weighted by Crippen LogP contribution is -2.17. The van der Waals surface area contributed by atoms with Crippen LogP contribution in [0.5, 0.6) is 23.5 Å². The van der Waals surface area contributed by atoms with Gasteiger partial charge in [0.2, 0.25) is 11.8 Å². The highest BCUT2D eigenvalue weighted by molar-refractivity contribution is 6.30. The van der Waals surface area contributed by atoms with Crippen LogP contribution >= 0.6 is 11.6 Å². The summed E-state index contributed by atoms with van der Waals surface area (Å²) in [6.45, 7) is 1.27. The van der Waals surface area contributed by atoms with Crippen LogP contribution < -0.4 is 14.2 Å². The summed E-state index contributed by atoms with van der Waals surface area (Å²) in [7, 11) is 2.87. The van der Waals surface area contributed by atoms with Crippen molar-refractivity contribution >= 4 is 23.5 Å². The summed E-state index contributed by atoms with van der Waals surface area (Å²) in [6, 6.07) is 13.2. The smallest absolute Gasteiger partial charge is 0.344 e. The van der Waals surface area contributed by atoms with Gasteiger partial charge in [-0.15, -0.1) is 0 Å². The van der Waals surface area contributed by atoms with E-state index in [1.54, 1.807) is 49.4 Å². The molecule has 3 aromatic rings. The first kappa shape index (κ1) is 23.8. The topological polar surface area (TPSA) is 106 Å². The number of hydrogen-bond donors (Lipinski definition) is 0. The van der Waals surface area contributed by atoms with Crippen LogP contribution in [0.25, 0.3) is 11.1 Å². The van der Waals surface area contributed by atoms with Crippen LogP contribution in [0.3, 0.4) is 0 Å². The summed E-state index contributed by atoms with van der Waals surface area (Å²) in [5.41, 5.74) is 1.24. The number of halogens is 1. The standard InChI is InChI=1S/C23H21ClN2O7/c1-4-31-20(27)13-32-22(28)21-16(14-8-10-15(24)11-9-14)6-5-7-17(21)33-23-25-18(29-2)12-19(26-23)30-3/h5-12H,4,13H2,1-3H3. The number of carbonyl (C=O) groups excluding carboxylic acids is 2. The van der Waals surface area contributed by atoms with Gasteiger partial charge in [0.05, 0.1) is 26.9 Å². The fraction of sp³-hybridized carbons (Fsp3) is 0.217. The number of esters is 2. The molecule has 2 aromatic carbocycles. The molecule has 0 fully saturated rings. The van der Waals surface area contributed by atoms with Gasteiger partial charge in [0.15, 0.2) is 6.61 Å². The Kier molecular flexibility index (Phi) is 8.04. The normalized spacial score (nSPS) is 10.3. The first-order chi connectivity index (χ1) is 15.9. The lowest BCUT2D eigenvalue weighted by atomic mass is 9.99. The average molecular weight is 473 g/mol. The fourth-order valence-corrected chi connectivity index (χ4v) is 2.96. The maximum Gasteiger partial charge on any atom is 0.344 e. The zero-order valence-corrected chi connectivity index (χ0v) is 18.9. The summed E-state index contributed by atoms with van der Waals surface area (Å²) in [5, 5.41) is 0.537. The molecule has 0 bridgehead atoms. The molecule has 0 saturated heterocycles. The van der Waals surface area contributed by atoms with E-state index in [-0.39, 0.29) is 35.7 Å². The average Bonchev–Trinajstić information content (AvgIpc) is 2.82. The molecule has 1 heterocycles. The van der Waals surface area contributed by atoms with Gasteiger partial charge in [0.25, 0.3) is 0 Å². The zero-order chi connectivity index (χ0) is 23.8. The number of rotatable bonds is 9. The van der Waals surface area contributed by atoms with Crippen molar-refractivity contribution in [2.75, 3.05) is 27.4 Å². The minimum Gasteiger partial charge on any atom is -0.481 e. The highest BCUT2D eigenvalue weighted by Gasteiger charge is 2.23. The maximum absolute atomic E-state index is 13.0. The number of hydrogen-bond acceptors (Lipinski definition) is 9. The van der Waals surface area contributed by atoms with E-state index < -0.39 is 18.5 Å². The van der Waals surface area contributed by atoms with Crippen molar-refractivity contribution in [1.29, 1.82) is 0 Å². The van der Waals surface area contributed by atoms with E-state index in [4.69, 9.17) is 35.3 Å². The first-order valence-electron chi connectivity index (χ1n) is 9.81. The molecule has 0 amide bonds. The summed E-state index contributed by atoms with van der Waals surface area (Å²) in [6.07, 6.45) is 0. The van der Waals surface area contributed by atoms with Gasteiger partial charge in [-0.05, 0) is 36.2 Å². The second-order valence-corrected chi connectivity index (χ2v) is 6.84. The Labute approximate surface area is 195 Å². The molecule has 0 spiro atoms.